The number of aromatic nitrogens is 2. The molecular weight excluding hydrogens is 343 g/mol. The van der Waals surface area contributed by atoms with Crippen molar-refractivity contribution in [3.8, 4) is 5.69 Å². The van der Waals surface area contributed by atoms with E-state index >= 15 is 0 Å². The highest BCUT2D eigenvalue weighted by molar-refractivity contribution is 5.95. The van der Waals surface area contributed by atoms with Crippen molar-refractivity contribution in [2.45, 2.75) is 45.1 Å². The van der Waals surface area contributed by atoms with Gasteiger partial charge in [-0.1, -0.05) is 12.5 Å². The molecule has 2 aliphatic heterocycles. The van der Waals surface area contributed by atoms with Crippen LogP contribution >= 0.6 is 0 Å². The van der Waals surface area contributed by atoms with Gasteiger partial charge in [0, 0.05) is 12.6 Å². The average Bonchev–Trinajstić information content (AvgIpc) is 3.07. The number of benzene rings is 1. The number of hydrogen-bond donors (Lipinski definition) is 1. The third-order valence-corrected chi connectivity index (χ3v) is 6.06. The Balaban J connectivity index is 1.43. The van der Waals surface area contributed by atoms with Gasteiger partial charge in [-0.25, -0.2) is 9.07 Å². The molecule has 0 spiro atoms. The molecule has 0 radical (unpaired) electrons. The summed E-state index contributed by atoms with van der Waals surface area (Å²) in [5.74, 6) is 0.118. The van der Waals surface area contributed by atoms with Crippen molar-refractivity contribution in [1.29, 1.82) is 0 Å². The molecule has 2 aromatic rings. The molecule has 2 aliphatic rings. The number of hydrogen-bond acceptors (Lipinski definition) is 3. The van der Waals surface area contributed by atoms with Crippen LogP contribution in [0.3, 0.4) is 0 Å². The van der Waals surface area contributed by atoms with Crippen LogP contribution in [-0.2, 0) is 0 Å². The summed E-state index contributed by atoms with van der Waals surface area (Å²) in [6.07, 6.45) is 7.82. The smallest absolute Gasteiger partial charge is 0.254 e. The quantitative estimate of drug-likeness (QED) is 0.898. The molecule has 0 aliphatic carbocycles. The summed E-state index contributed by atoms with van der Waals surface area (Å²) >= 11 is 0. The number of fused-ring (bicyclic) bond motifs is 1. The minimum atomic E-state index is -0.317. The van der Waals surface area contributed by atoms with Crippen LogP contribution in [0, 0.1) is 18.7 Å². The standard InChI is InChI=1S/C21H27FN4O/c1-15-19(14-24-26(15)18-8-4-7-17(22)12-18)21(27)23-13-16-6-5-11-25-10-3-2-9-20(16)25/h4,7-8,12,14,16,20H,2-3,5-6,9-11,13H2,1H3,(H,23,27)/t16-,20+/m0/s1. The first-order valence-electron chi connectivity index (χ1n) is 9.96. The van der Waals surface area contributed by atoms with Crippen LogP contribution in [0.5, 0.6) is 0 Å². The maximum absolute atomic E-state index is 13.5. The van der Waals surface area contributed by atoms with Gasteiger partial charge in [0.05, 0.1) is 23.1 Å². The molecule has 1 aromatic heterocycles. The maximum atomic E-state index is 13.5. The summed E-state index contributed by atoms with van der Waals surface area (Å²) in [6, 6.07) is 6.86. The van der Waals surface area contributed by atoms with Crippen molar-refractivity contribution in [1.82, 2.24) is 20.0 Å². The third kappa shape index (κ3) is 3.76. The number of carbonyl (C=O) groups excluding carboxylic acids is 1. The van der Waals surface area contributed by atoms with Crippen molar-refractivity contribution < 1.29 is 9.18 Å². The minimum absolute atomic E-state index is 0.0944. The third-order valence-electron chi connectivity index (χ3n) is 6.06. The van der Waals surface area contributed by atoms with Gasteiger partial charge in [0.25, 0.3) is 5.91 Å². The molecule has 0 unspecified atom stereocenters. The highest BCUT2D eigenvalue weighted by Crippen LogP contribution is 2.30. The van der Waals surface area contributed by atoms with Gasteiger partial charge in [0.2, 0.25) is 0 Å². The zero-order valence-corrected chi connectivity index (χ0v) is 15.8. The first kappa shape index (κ1) is 18.2. The molecule has 1 aromatic carbocycles. The molecule has 0 bridgehead atoms. The predicted octanol–water partition coefficient (Wildman–Crippen LogP) is 3.31. The van der Waals surface area contributed by atoms with E-state index in [0.717, 1.165) is 5.69 Å². The van der Waals surface area contributed by atoms with Gasteiger partial charge >= 0.3 is 0 Å². The fourth-order valence-corrected chi connectivity index (χ4v) is 4.64. The molecule has 6 heteroatoms. The second-order valence-corrected chi connectivity index (χ2v) is 7.75. The van der Waals surface area contributed by atoms with E-state index in [2.05, 4.69) is 15.3 Å². The van der Waals surface area contributed by atoms with Crippen molar-refractivity contribution in [3.63, 3.8) is 0 Å². The second-order valence-electron chi connectivity index (χ2n) is 7.75. The maximum Gasteiger partial charge on any atom is 0.254 e. The molecule has 27 heavy (non-hydrogen) atoms. The lowest BCUT2D eigenvalue weighted by Crippen LogP contribution is -2.51. The zero-order valence-electron chi connectivity index (χ0n) is 15.8. The number of carbonyl (C=O) groups is 1. The van der Waals surface area contributed by atoms with Gasteiger partial charge < -0.3 is 10.2 Å². The molecule has 3 heterocycles. The fourth-order valence-electron chi connectivity index (χ4n) is 4.64. The Labute approximate surface area is 159 Å². The molecule has 2 saturated heterocycles. The summed E-state index contributed by atoms with van der Waals surface area (Å²) in [4.78, 5) is 15.3. The molecule has 144 valence electrons. The van der Waals surface area contributed by atoms with Gasteiger partial charge in [-0.2, -0.15) is 5.10 Å². The van der Waals surface area contributed by atoms with E-state index in [-0.39, 0.29) is 11.7 Å². The molecule has 1 amide bonds. The van der Waals surface area contributed by atoms with E-state index in [1.54, 1.807) is 23.0 Å². The second kappa shape index (κ2) is 7.80. The summed E-state index contributed by atoms with van der Waals surface area (Å²) in [5, 5.41) is 7.42. The number of amides is 1. The summed E-state index contributed by atoms with van der Waals surface area (Å²) in [7, 11) is 0. The van der Waals surface area contributed by atoms with Crippen LogP contribution in [0.2, 0.25) is 0 Å². The lowest BCUT2D eigenvalue weighted by Gasteiger charge is -2.44. The van der Waals surface area contributed by atoms with E-state index < -0.39 is 0 Å². The lowest BCUT2D eigenvalue weighted by atomic mass is 9.83. The zero-order chi connectivity index (χ0) is 18.8. The van der Waals surface area contributed by atoms with Crippen LogP contribution < -0.4 is 5.32 Å². The molecule has 0 saturated carbocycles. The number of nitrogens with one attached hydrogen (secondary N) is 1. The Hall–Kier alpha value is -2.21. The first-order chi connectivity index (χ1) is 13.1. The minimum Gasteiger partial charge on any atom is -0.352 e. The van der Waals surface area contributed by atoms with Crippen molar-refractivity contribution in [2.24, 2.45) is 5.92 Å². The first-order valence-corrected chi connectivity index (χ1v) is 9.96. The van der Waals surface area contributed by atoms with Gasteiger partial charge in [-0.05, 0) is 69.8 Å². The molecule has 5 nitrogen and oxygen atoms in total. The average molecular weight is 370 g/mol. The van der Waals surface area contributed by atoms with Crippen LogP contribution in [0.15, 0.2) is 30.5 Å². The normalized spacial score (nSPS) is 23.0. The van der Waals surface area contributed by atoms with Crippen LogP contribution in [0.4, 0.5) is 4.39 Å². The summed E-state index contributed by atoms with van der Waals surface area (Å²) in [5.41, 5.74) is 1.90. The van der Waals surface area contributed by atoms with Crippen LogP contribution in [0.25, 0.3) is 5.69 Å². The van der Waals surface area contributed by atoms with Gasteiger partial charge in [0.1, 0.15) is 5.82 Å². The fraction of sp³-hybridized carbons (Fsp3) is 0.524. The highest BCUT2D eigenvalue weighted by atomic mass is 19.1. The van der Waals surface area contributed by atoms with E-state index in [1.807, 2.05) is 6.92 Å². The summed E-state index contributed by atoms with van der Waals surface area (Å²) < 4.78 is 15.1. The molecule has 4 rings (SSSR count). The molecule has 2 fully saturated rings. The topological polar surface area (TPSA) is 50.2 Å². The number of halogens is 1. The Kier molecular flexibility index (Phi) is 5.25. The molecule has 2 atom stereocenters. The predicted molar refractivity (Wildman–Crippen MR) is 103 cm³/mol. The largest absolute Gasteiger partial charge is 0.352 e. The molecular formula is C21H27FN4O. The number of piperidine rings is 2. The molecule has 1 N–H and O–H groups in total. The van der Waals surface area contributed by atoms with Crippen molar-refractivity contribution in [2.75, 3.05) is 19.6 Å². The lowest BCUT2D eigenvalue weighted by molar-refractivity contribution is 0.0575. The van der Waals surface area contributed by atoms with Crippen LogP contribution in [-0.4, -0.2) is 46.3 Å². The Morgan fingerprint density at radius 2 is 2.11 bits per heavy atom. The van der Waals surface area contributed by atoms with Gasteiger partial charge in [0.15, 0.2) is 0 Å². The van der Waals surface area contributed by atoms with Crippen LogP contribution in [0.1, 0.15) is 48.2 Å². The Morgan fingerprint density at radius 3 is 2.96 bits per heavy atom. The Morgan fingerprint density at radius 1 is 1.26 bits per heavy atom. The van der Waals surface area contributed by atoms with Crippen molar-refractivity contribution in [3.05, 3.63) is 47.5 Å². The SMILES string of the molecule is Cc1c(C(=O)NC[C@@H]2CCCN3CCCC[C@H]23)cnn1-c1cccc(F)c1. The van der Waals surface area contributed by atoms with Gasteiger partial charge in [-0.3, -0.25) is 4.79 Å². The van der Waals surface area contributed by atoms with E-state index in [4.69, 9.17) is 0 Å². The van der Waals surface area contributed by atoms with E-state index in [1.165, 1.54) is 57.3 Å². The van der Waals surface area contributed by atoms with E-state index in [0.29, 0.717) is 29.8 Å². The van der Waals surface area contributed by atoms with Crippen molar-refractivity contribution >= 4 is 5.91 Å². The highest BCUT2D eigenvalue weighted by Gasteiger charge is 2.33. The Bertz CT molecular complexity index is 816. The monoisotopic (exact) mass is 370 g/mol. The summed E-state index contributed by atoms with van der Waals surface area (Å²) in [6.45, 7) is 4.96. The number of nitrogens with zero attached hydrogens (tertiary/aromatic N) is 3. The van der Waals surface area contributed by atoms with E-state index in [9.17, 15) is 9.18 Å². The van der Waals surface area contributed by atoms with Gasteiger partial charge in [-0.15, -0.1) is 0 Å². The number of rotatable bonds is 4.